The van der Waals surface area contributed by atoms with Crippen LogP contribution in [0.4, 0.5) is 11.5 Å². The van der Waals surface area contributed by atoms with Crippen molar-refractivity contribution in [3.63, 3.8) is 0 Å². The van der Waals surface area contributed by atoms with Crippen LogP contribution < -0.4 is 10.2 Å². The van der Waals surface area contributed by atoms with Crippen LogP contribution in [0.1, 0.15) is 20.8 Å². The molecule has 1 N–H and O–H groups in total. The third-order valence-electron chi connectivity index (χ3n) is 2.54. The van der Waals surface area contributed by atoms with E-state index in [0.29, 0.717) is 6.54 Å². The van der Waals surface area contributed by atoms with Gasteiger partial charge in [-0.1, -0.05) is 13.8 Å². The molecule has 0 saturated heterocycles. The van der Waals surface area contributed by atoms with Crippen LogP contribution in [0.5, 0.6) is 0 Å². The van der Waals surface area contributed by atoms with E-state index in [-0.39, 0.29) is 11.8 Å². The fraction of sp³-hybridized carbons (Fsp3) is 0.500. The number of carbonyl (C=O) groups is 1. The minimum absolute atomic E-state index is 0.0996. The quantitative estimate of drug-likeness (QED) is 0.787. The van der Waals surface area contributed by atoms with Gasteiger partial charge in [-0.3, -0.25) is 4.79 Å². The Hall–Kier alpha value is -1.58. The van der Waals surface area contributed by atoms with Crippen LogP contribution in [-0.2, 0) is 4.79 Å². The number of pyridine rings is 1. The lowest BCUT2D eigenvalue weighted by molar-refractivity contribution is -0.118. The number of hydrogen-bond donors (Lipinski definition) is 1. The second kappa shape index (κ2) is 5.49. The first-order valence-electron chi connectivity index (χ1n) is 5.62. The molecular weight excluding hydrogens is 202 g/mol. The number of ketones is 1. The zero-order valence-corrected chi connectivity index (χ0v) is 10.3. The number of fused-ring (bicyclic) bond motifs is 1. The molecular formula is C12H19N3O. The van der Waals surface area contributed by atoms with Crippen LogP contribution in [0.15, 0.2) is 18.3 Å². The van der Waals surface area contributed by atoms with Crippen molar-refractivity contribution in [3.05, 3.63) is 18.3 Å². The summed E-state index contributed by atoms with van der Waals surface area (Å²) in [5.74, 6) is 1.01. The number of anilines is 2. The third-order valence-corrected chi connectivity index (χ3v) is 2.54. The highest BCUT2D eigenvalue weighted by Crippen LogP contribution is 2.27. The first kappa shape index (κ1) is 12.5. The molecule has 1 aliphatic heterocycles. The lowest BCUT2D eigenvalue weighted by atomic mass is 10.1. The second-order valence-corrected chi connectivity index (χ2v) is 3.49. The maximum absolute atomic E-state index is 11.3. The minimum atomic E-state index is -0.0996. The van der Waals surface area contributed by atoms with E-state index < -0.39 is 0 Å². The number of rotatable bonds is 1. The van der Waals surface area contributed by atoms with Crippen molar-refractivity contribution < 1.29 is 4.79 Å². The summed E-state index contributed by atoms with van der Waals surface area (Å²) in [7, 11) is 1.90. The highest BCUT2D eigenvalue weighted by atomic mass is 16.1. The van der Waals surface area contributed by atoms with E-state index in [2.05, 4.69) is 10.3 Å². The molecule has 0 amide bonds. The molecule has 1 aromatic heterocycles. The molecule has 88 valence electrons. The predicted octanol–water partition coefficient (Wildman–Crippen LogP) is 1.93. The highest BCUT2D eigenvalue weighted by Gasteiger charge is 2.26. The summed E-state index contributed by atoms with van der Waals surface area (Å²) in [6, 6.07) is 3.75. The lowest BCUT2D eigenvalue weighted by Gasteiger charge is -2.33. The molecule has 16 heavy (non-hydrogen) atoms. The smallest absolute Gasteiger partial charge is 0.154 e. The number of nitrogens with one attached hydrogen (secondary N) is 1. The number of hydrogen-bond acceptors (Lipinski definition) is 4. The van der Waals surface area contributed by atoms with Crippen molar-refractivity contribution in [2.24, 2.45) is 0 Å². The average molecular weight is 221 g/mol. The predicted molar refractivity (Wildman–Crippen MR) is 66.9 cm³/mol. The minimum Gasteiger partial charge on any atom is -0.380 e. The van der Waals surface area contributed by atoms with E-state index >= 15 is 0 Å². The molecule has 4 heteroatoms. The van der Waals surface area contributed by atoms with Gasteiger partial charge in [-0.15, -0.1) is 0 Å². The Morgan fingerprint density at radius 2 is 2.25 bits per heavy atom. The van der Waals surface area contributed by atoms with E-state index in [1.807, 2.05) is 37.9 Å². The molecule has 0 spiro atoms. The maximum Gasteiger partial charge on any atom is 0.154 e. The van der Waals surface area contributed by atoms with Gasteiger partial charge in [0, 0.05) is 19.8 Å². The summed E-state index contributed by atoms with van der Waals surface area (Å²) in [6.07, 6.45) is 1.74. The monoisotopic (exact) mass is 221 g/mol. The molecule has 0 bridgehead atoms. The molecule has 1 unspecified atom stereocenters. The van der Waals surface area contributed by atoms with Gasteiger partial charge in [0.15, 0.2) is 11.6 Å². The van der Waals surface area contributed by atoms with Gasteiger partial charge in [0.1, 0.15) is 6.04 Å². The Labute approximate surface area is 96.7 Å². The summed E-state index contributed by atoms with van der Waals surface area (Å²) in [5.41, 5.74) is 0.993. The van der Waals surface area contributed by atoms with Gasteiger partial charge in [-0.25, -0.2) is 4.98 Å². The Morgan fingerprint density at radius 3 is 2.88 bits per heavy atom. The highest BCUT2D eigenvalue weighted by molar-refractivity contribution is 5.88. The van der Waals surface area contributed by atoms with Crippen molar-refractivity contribution in [1.82, 2.24) is 4.98 Å². The van der Waals surface area contributed by atoms with Gasteiger partial charge in [-0.05, 0) is 19.1 Å². The Morgan fingerprint density at radius 1 is 1.56 bits per heavy atom. The van der Waals surface area contributed by atoms with Gasteiger partial charge < -0.3 is 10.2 Å². The molecule has 0 aliphatic carbocycles. The zero-order valence-electron chi connectivity index (χ0n) is 10.3. The molecule has 2 rings (SSSR count). The van der Waals surface area contributed by atoms with Crippen molar-refractivity contribution in [2.75, 3.05) is 23.8 Å². The largest absolute Gasteiger partial charge is 0.380 e. The fourth-order valence-corrected chi connectivity index (χ4v) is 1.72. The van der Waals surface area contributed by atoms with Gasteiger partial charge in [0.25, 0.3) is 0 Å². The van der Waals surface area contributed by atoms with Crippen molar-refractivity contribution in [3.8, 4) is 0 Å². The van der Waals surface area contributed by atoms with Gasteiger partial charge in [0.2, 0.25) is 0 Å². The molecule has 0 radical (unpaired) electrons. The van der Waals surface area contributed by atoms with Crippen LogP contribution in [-0.4, -0.2) is 30.4 Å². The lowest BCUT2D eigenvalue weighted by Crippen LogP contribution is -2.46. The molecule has 1 atom stereocenters. The van der Waals surface area contributed by atoms with E-state index in [9.17, 15) is 4.79 Å². The van der Waals surface area contributed by atoms with Crippen molar-refractivity contribution in [2.45, 2.75) is 26.8 Å². The molecule has 0 aromatic carbocycles. The molecule has 2 heterocycles. The number of aromatic nitrogens is 1. The van der Waals surface area contributed by atoms with Crippen LogP contribution in [0.2, 0.25) is 0 Å². The van der Waals surface area contributed by atoms with Crippen molar-refractivity contribution >= 4 is 17.3 Å². The van der Waals surface area contributed by atoms with Gasteiger partial charge in [0.05, 0.1) is 5.69 Å². The zero-order chi connectivity index (χ0) is 12.1. The van der Waals surface area contributed by atoms with Crippen LogP contribution in [0.3, 0.4) is 0 Å². The molecule has 0 fully saturated rings. The topological polar surface area (TPSA) is 45.2 Å². The summed E-state index contributed by atoms with van der Waals surface area (Å²) in [6.45, 7) is 6.27. The SMILES string of the molecule is CC.CC(=O)C1CNc2cccnc2N1C. The number of likely N-dealkylation sites (N-methyl/N-ethyl adjacent to an activating group) is 1. The first-order chi connectivity index (χ1) is 7.70. The number of nitrogens with zero attached hydrogens (tertiary/aromatic N) is 2. The van der Waals surface area contributed by atoms with E-state index in [1.54, 1.807) is 13.1 Å². The summed E-state index contributed by atoms with van der Waals surface area (Å²) < 4.78 is 0. The summed E-state index contributed by atoms with van der Waals surface area (Å²) in [5, 5.41) is 3.20. The summed E-state index contributed by atoms with van der Waals surface area (Å²) in [4.78, 5) is 17.5. The Balaban J connectivity index is 0.000000606. The number of Topliss-reactive ketones (excluding diaryl/α,β-unsaturated/α-hetero) is 1. The van der Waals surface area contributed by atoms with E-state index in [4.69, 9.17) is 0 Å². The molecule has 1 aromatic rings. The Bertz CT molecular complexity index is 365. The third kappa shape index (κ3) is 2.32. The van der Waals surface area contributed by atoms with Crippen LogP contribution >= 0.6 is 0 Å². The van der Waals surface area contributed by atoms with E-state index in [1.165, 1.54) is 0 Å². The first-order valence-corrected chi connectivity index (χ1v) is 5.62. The maximum atomic E-state index is 11.3. The van der Waals surface area contributed by atoms with Gasteiger partial charge >= 0.3 is 0 Å². The second-order valence-electron chi connectivity index (χ2n) is 3.49. The van der Waals surface area contributed by atoms with Crippen LogP contribution in [0.25, 0.3) is 0 Å². The average Bonchev–Trinajstić information content (AvgIpc) is 2.32. The summed E-state index contributed by atoms with van der Waals surface area (Å²) >= 11 is 0. The molecule has 1 aliphatic rings. The van der Waals surface area contributed by atoms with Crippen LogP contribution in [0, 0.1) is 0 Å². The normalized spacial score (nSPS) is 17.8. The van der Waals surface area contributed by atoms with E-state index in [0.717, 1.165) is 11.5 Å². The van der Waals surface area contributed by atoms with Crippen molar-refractivity contribution in [1.29, 1.82) is 0 Å². The molecule has 4 nitrogen and oxygen atoms in total. The van der Waals surface area contributed by atoms with Gasteiger partial charge in [-0.2, -0.15) is 0 Å². The molecule has 0 saturated carbocycles. The standard InChI is InChI=1S/C10H13N3O.C2H6/c1-7(14)9-6-12-8-4-3-5-11-10(8)13(9)2;1-2/h3-5,9,12H,6H2,1-2H3;1-2H3. The number of carbonyl (C=O) groups excluding carboxylic acids is 1. The fourth-order valence-electron chi connectivity index (χ4n) is 1.72. The Kier molecular flexibility index (Phi) is 4.28.